The van der Waals surface area contributed by atoms with E-state index in [4.69, 9.17) is 13.9 Å². The minimum Gasteiger partial charge on any atom is -0.496 e. The topological polar surface area (TPSA) is 63.9 Å². The van der Waals surface area contributed by atoms with Crippen LogP contribution in [0.4, 0.5) is 0 Å². The lowest BCUT2D eigenvalue weighted by Crippen LogP contribution is -2.41. The van der Waals surface area contributed by atoms with Gasteiger partial charge in [-0.1, -0.05) is 36.4 Å². The minimum absolute atomic E-state index is 0.111. The zero-order chi connectivity index (χ0) is 24.2. The summed E-state index contributed by atoms with van der Waals surface area (Å²) in [5.74, 6) is 0.562. The number of benzene rings is 3. The molecule has 0 bridgehead atoms. The smallest absolute Gasteiger partial charge is 0.244 e. The van der Waals surface area contributed by atoms with Gasteiger partial charge < -0.3 is 19.2 Å². The maximum Gasteiger partial charge on any atom is 0.244 e. The lowest BCUT2D eigenvalue weighted by atomic mass is 9.97. The molecule has 6 heteroatoms. The quantitative estimate of drug-likeness (QED) is 0.380. The standard InChI is InChI=1S/C29H30N2O4/c1-20(15-29(32)30-9-10-31-11-13-34-14-12-31)24-17-25-26(19-35-28(25)18-27(24)33-2)23-8-7-21-5-3-4-6-22(21)16-23/h3-8,15-19H,9-14H2,1-2H3,(H,30,32)/b20-15+. The number of nitrogens with zero attached hydrogens (tertiary/aromatic N) is 1. The van der Waals surface area contributed by atoms with Crippen molar-refractivity contribution >= 4 is 33.2 Å². The highest BCUT2D eigenvalue weighted by molar-refractivity contribution is 6.01. The molecular weight excluding hydrogens is 440 g/mol. The second-order valence-electron chi connectivity index (χ2n) is 8.83. The molecule has 35 heavy (non-hydrogen) atoms. The van der Waals surface area contributed by atoms with Gasteiger partial charge in [0.1, 0.15) is 11.3 Å². The van der Waals surface area contributed by atoms with Crippen molar-refractivity contribution < 1.29 is 18.7 Å². The number of methoxy groups -OCH3 is 1. The van der Waals surface area contributed by atoms with Gasteiger partial charge in [0.25, 0.3) is 0 Å². The Kier molecular flexibility index (Phi) is 6.84. The van der Waals surface area contributed by atoms with Crippen LogP contribution in [-0.4, -0.2) is 57.3 Å². The summed E-state index contributed by atoms with van der Waals surface area (Å²) in [4.78, 5) is 14.9. The van der Waals surface area contributed by atoms with Gasteiger partial charge in [-0.05, 0) is 41.0 Å². The van der Waals surface area contributed by atoms with Gasteiger partial charge in [0, 0.05) is 54.8 Å². The number of morpholine rings is 1. The number of hydrogen-bond donors (Lipinski definition) is 1. The van der Waals surface area contributed by atoms with Crippen molar-refractivity contribution in [2.75, 3.05) is 46.5 Å². The van der Waals surface area contributed by atoms with Crippen LogP contribution < -0.4 is 10.1 Å². The van der Waals surface area contributed by atoms with Gasteiger partial charge in [0.05, 0.1) is 26.6 Å². The van der Waals surface area contributed by atoms with Crippen molar-refractivity contribution in [2.45, 2.75) is 6.92 Å². The van der Waals surface area contributed by atoms with Crippen LogP contribution in [0.1, 0.15) is 12.5 Å². The average molecular weight is 471 g/mol. The van der Waals surface area contributed by atoms with Crippen LogP contribution in [0.15, 0.2) is 71.4 Å². The van der Waals surface area contributed by atoms with Gasteiger partial charge in [-0.2, -0.15) is 0 Å². The Morgan fingerprint density at radius 3 is 2.69 bits per heavy atom. The van der Waals surface area contributed by atoms with Gasteiger partial charge >= 0.3 is 0 Å². The number of amides is 1. The fraction of sp³-hybridized carbons (Fsp3) is 0.276. The lowest BCUT2D eigenvalue weighted by molar-refractivity contribution is -0.116. The van der Waals surface area contributed by atoms with Crippen molar-refractivity contribution in [2.24, 2.45) is 0 Å². The largest absolute Gasteiger partial charge is 0.496 e. The van der Waals surface area contributed by atoms with Gasteiger partial charge in [-0.3, -0.25) is 9.69 Å². The lowest BCUT2D eigenvalue weighted by Gasteiger charge is -2.26. The van der Waals surface area contributed by atoms with E-state index < -0.39 is 0 Å². The molecule has 0 radical (unpaired) electrons. The summed E-state index contributed by atoms with van der Waals surface area (Å²) in [7, 11) is 1.63. The maximum atomic E-state index is 12.6. The molecule has 1 aliphatic rings. The zero-order valence-corrected chi connectivity index (χ0v) is 20.2. The summed E-state index contributed by atoms with van der Waals surface area (Å²) in [6.45, 7) is 6.68. The molecule has 0 unspecified atom stereocenters. The third-order valence-electron chi connectivity index (χ3n) is 6.56. The molecule has 5 rings (SSSR count). The Balaban J connectivity index is 1.40. The highest BCUT2D eigenvalue weighted by Gasteiger charge is 2.16. The molecule has 1 aliphatic heterocycles. The number of rotatable bonds is 7. The van der Waals surface area contributed by atoms with Crippen LogP contribution in [0.3, 0.4) is 0 Å². The second kappa shape index (κ2) is 10.3. The average Bonchev–Trinajstić information content (AvgIpc) is 3.31. The predicted molar refractivity (Wildman–Crippen MR) is 140 cm³/mol. The Morgan fingerprint density at radius 1 is 1.09 bits per heavy atom. The first kappa shape index (κ1) is 23.1. The number of ether oxygens (including phenoxy) is 2. The molecule has 1 amide bonds. The fourth-order valence-corrected chi connectivity index (χ4v) is 4.60. The predicted octanol–water partition coefficient (Wildman–Crippen LogP) is 5.11. The monoisotopic (exact) mass is 470 g/mol. The SMILES string of the molecule is COc1cc2occ(-c3ccc4ccccc4c3)c2cc1/C(C)=C/C(=O)NCCN1CCOCC1. The van der Waals surface area contributed by atoms with Crippen molar-refractivity contribution in [3.8, 4) is 16.9 Å². The maximum absolute atomic E-state index is 12.6. The van der Waals surface area contributed by atoms with E-state index >= 15 is 0 Å². The summed E-state index contributed by atoms with van der Waals surface area (Å²) in [6, 6.07) is 18.7. The number of fused-ring (bicyclic) bond motifs is 2. The molecule has 4 aromatic rings. The normalized spacial score (nSPS) is 15.0. The number of carbonyl (C=O) groups is 1. The van der Waals surface area contributed by atoms with Crippen molar-refractivity contribution in [1.82, 2.24) is 10.2 Å². The molecule has 1 saturated heterocycles. The van der Waals surface area contributed by atoms with Crippen molar-refractivity contribution in [3.63, 3.8) is 0 Å². The van der Waals surface area contributed by atoms with Crippen LogP contribution in [0, 0.1) is 0 Å². The first-order chi connectivity index (χ1) is 17.1. The molecular formula is C29H30N2O4. The zero-order valence-electron chi connectivity index (χ0n) is 20.2. The highest BCUT2D eigenvalue weighted by atomic mass is 16.5. The van der Waals surface area contributed by atoms with Gasteiger partial charge in [0.2, 0.25) is 5.91 Å². The van der Waals surface area contributed by atoms with Gasteiger partial charge in [0.15, 0.2) is 0 Å². The summed E-state index contributed by atoms with van der Waals surface area (Å²) in [5, 5.41) is 6.36. The van der Waals surface area contributed by atoms with Crippen molar-refractivity contribution in [1.29, 1.82) is 0 Å². The van der Waals surface area contributed by atoms with Crippen LogP contribution in [0.25, 0.3) is 38.4 Å². The van der Waals surface area contributed by atoms with Gasteiger partial charge in [-0.15, -0.1) is 0 Å². The van der Waals surface area contributed by atoms with E-state index in [0.717, 1.165) is 66.1 Å². The van der Waals surface area contributed by atoms with E-state index in [0.29, 0.717) is 12.3 Å². The Morgan fingerprint density at radius 2 is 1.89 bits per heavy atom. The highest BCUT2D eigenvalue weighted by Crippen LogP contribution is 2.38. The molecule has 6 nitrogen and oxygen atoms in total. The van der Waals surface area contributed by atoms with Crippen LogP contribution in [0.5, 0.6) is 5.75 Å². The molecule has 2 heterocycles. The third-order valence-corrected chi connectivity index (χ3v) is 6.56. The van der Waals surface area contributed by atoms with Crippen molar-refractivity contribution in [3.05, 3.63) is 72.5 Å². The molecule has 1 fully saturated rings. The number of hydrogen-bond acceptors (Lipinski definition) is 5. The molecule has 180 valence electrons. The molecule has 0 spiro atoms. The number of nitrogens with one attached hydrogen (secondary N) is 1. The van der Waals surface area contributed by atoms with Crippen LogP contribution in [-0.2, 0) is 9.53 Å². The minimum atomic E-state index is -0.111. The summed E-state index contributed by atoms with van der Waals surface area (Å²) in [5.41, 5.74) is 4.54. The van der Waals surface area contributed by atoms with Gasteiger partial charge in [-0.25, -0.2) is 0 Å². The Hall–Kier alpha value is -3.61. The molecule has 0 aliphatic carbocycles. The van der Waals surface area contributed by atoms with E-state index in [1.807, 2.05) is 25.1 Å². The first-order valence-electron chi connectivity index (χ1n) is 12.0. The summed E-state index contributed by atoms with van der Waals surface area (Å²) < 4.78 is 16.9. The Labute approximate surface area is 205 Å². The van der Waals surface area contributed by atoms with E-state index in [9.17, 15) is 4.79 Å². The number of allylic oxidation sites excluding steroid dienone is 1. The fourth-order valence-electron chi connectivity index (χ4n) is 4.60. The Bertz CT molecular complexity index is 1380. The third kappa shape index (κ3) is 5.09. The molecule has 0 saturated carbocycles. The molecule has 1 aromatic heterocycles. The molecule has 1 N–H and O–H groups in total. The molecule has 0 atom stereocenters. The van der Waals surface area contributed by atoms with E-state index in [1.54, 1.807) is 19.4 Å². The van der Waals surface area contributed by atoms with Crippen LogP contribution >= 0.6 is 0 Å². The van der Waals surface area contributed by atoms with E-state index in [-0.39, 0.29) is 5.91 Å². The molecule has 3 aromatic carbocycles. The first-order valence-corrected chi connectivity index (χ1v) is 12.0. The second-order valence-corrected chi connectivity index (χ2v) is 8.83. The summed E-state index contributed by atoms with van der Waals surface area (Å²) >= 11 is 0. The van der Waals surface area contributed by atoms with E-state index in [1.165, 1.54) is 10.8 Å². The number of carbonyl (C=O) groups excluding carboxylic acids is 1. The number of furan rings is 1. The van der Waals surface area contributed by atoms with E-state index in [2.05, 4.69) is 46.6 Å². The summed E-state index contributed by atoms with van der Waals surface area (Å²) in [6.07, 6.45) is 3.42. The van der Waals surface area contributed by atoms with Crippen LogP contribution in [0.2, 0.25) is 0 Å².